The fraction of sp³-hybridized carbons (Fsp3) is 0.429. The summed E-state index contributed by atoms with van der Waals surface area (Å²) in [6, 6.07) is 10.3. The van der Waals surface area contributed by atoms with Gasteiger partial charge < -0.3 is 19.8 Å². The number of carboxylic acids is 1. The van der Waals surface area contributed by atoms with Crippen LogP contribution >= 0.6 is 0 Å². The highest BCUT2D eigenvalue weighted by Crippen LogP contribution is 2.46. The minimum absolute atomic E-state index is 0.00171. The quantitative estimate of drug-likeness (QED) is 0.566. The lowest BCUT2D eigenvalue weighted by Gasteiger charge is -2.37. The molecule has 0 amide bonds. The third kappa shape index (κ3) is 5.02. The standard InChI is InChI=1S/C24H24N2O3.C4H10O/c1-14-12-20-18(6-5-15(2)25-20)23(19(14)13-22(27)28)16-7-8-21-24-17(16)4-3-9-26(24)10-11-29-21;1-4(2,3)5/h5-8,12H,3-4,9-11,13H2,1-2H3,(H,27,28);5H,1-3H3. The number of aliphatic carboxylic acids is 1. The van der Waals surface area contributed by atoms with Crippen molar-refractivity contribution >= 4 is 22.6 Å². The van der Waals surface area contributed by atoms with Gasteiger partial charge in [-0.25, -0.2) is 0 Å². The topological polar surface area (TPSA) is 82.9 Å². The number of anilines is 1. The summed E-state index contributed by atoms with van der Waals surface area (Å²) in [5.41, 5.74) is 7.82. The van der Waals surface area contributed by atoms with E-state index in [1.165, 1.54) is 11.3 Å². The molecule has 34 heavy (non-hydrogen) atoms. The second-order valence-electron chi connectivity index (χ2n) is 10.2. The van der Waals surface area contributed by atoms with Crippen molar-refractivity contribution < 1.29 is 19.7 Å². The lowest BCUT2D eigenvalue weighted by atomic mass is 9.84. The van der Waals surface area contributed by atoms with Crippen LogP contribution in [0.4, 0.5) is 5.69 Å². The van der Waals surface area contributed by atoms with E-state index in [4.69, 9.17) is 14.8 Å². The minimum atomic E-state index is -0.815. The van der Waals surface area contributed by atoms with Crippen LogP contribution in [0.2, 0.25) is 0 Å². The van der Waals surface area contributed by atoms with Crippen molar-refractivity contribution in [1.29, 1.82) is 0 Å². The van der Waals surface area contributed by atoms with Crippen molar-refractivity contribution in [3.8, 4) is 16.9 Å². The monoisotopic (exact) mass is 462 g/mol. The summed E-state index contributed by atoms with van der Waals surface area (Å²) < 4.78 is 5.93. The number of pyridine rings is 1. The molecule has 0 unspecified atom stereocenters. The molecule has 5 rings (SSSR count). The van der Waals surface area contributed by atoms with Crippen molar-refractivity contribution in [3.05, 3.63) is 52.7 Å². The number of aryl methyl sites for hydroxylation is 2. The Kier molecular flexibility index (Phi) is 6.54. The van der Waals surface area contributed by atoms with Gasteiger partial charge in [0.1, 0.15) is 12.4 Å². The van der Waals surface area contributed by atoms with E-state index in [2.05, 4.69) is 17.0 Å². The lowest BCUT2D eigenvalue weighted by Crippen LogP contribution is -2.37. The van der Waals surface area contributed by atoms with Gasteiger partial charge in [0, 0.05) is 17.6 Å². The number of hydrogen-bond acceptors (Lipinski definition) is 5. The van der Waals surface area contributed by atoms with Gasteiger partial charge in [-0.05, 0) is 93.5 Å². The van der Waals surface area contributed by atoms with Gasteiger partial charge in [-0.1, -0.05) is 12.1 Å². The number of rotatable bonds is 3. The van der Waals surface area contributed by atoms with E-state index in [1.54, 1.807) is 20.8 Å². The fourth-order valence-electron chi connectivity index (χ4n) is 4.85. The molecule has 180 valence electrons. The average Bonchev–Trinajstić information content (AvgIpc) is 2.74. The van der Waals surface area contributed by atoms with E-state index in [1.807, 2.05) is 32.0 Å². The van der Waals surface area contributed by atoms with Crippen molar-refractivity contribution in [2.45, 2.75) is 59.5 Å². The number of aromatic nitrogens is 1. The largest absolute Gasteiger partial charge is 0.490 e. The molecule has 2 N–H and O–H groups in total. The van der Waals surface area contributed by atoms with Crippen LogP contribution in [0, 0.1) is 13.8 Å². The van der Waals surface area contributed by atoms with Crippen LogP contribution in [0.1, 0.15) is 49.6 Å². The van der Waals surface area contributed by atoms with Crippen LogP contribution in [0.3, 0.4) is 0 Å². The Morgan fingerprint density at radius 1 is 1.15 bits per heavy atom. The van der Waals surface area contributed by atoms with E-state index >= 15 is 0 Å². The number of benzene rings is 2. The maximum Gasteiger partial charge on any atom is 0.307 e. The molecule has 6 heteroatoms. The molecule has 3 heterocycles. The highest BCUT2D eigenvalue weighted by atomic mass is 16.5. The first-order valence-electron chi connectivity index (χ1n) is 11.9. The van der Waals surface area contributed by atoms with Crippen molar-refractivity contribution in [3.63, 3.8) is 0 Å². The Balaban J connectivity index is 0.000000499. The zero-order valence-corrected chi connectivity index (χ0v) is 20.7. The van der Waals surface area contributed by atoms with Gasteiger partial charge in [0.15, 0.2) is 0 Å². The van der Waals surface area contributed by atoms with Crippen LogP contribution in [-0.4, -0.2) is 46.5 Å². The molecule has 3 aromatic rings. The Morgan fingerprint density at radius 3 is 2.59 bits per heavy atom. The van der Waals surface area contributed by atoms with Gasteiger partial charge in [-0.2, -0.15) is 0 Å². The third-order valence-corrected chi connectivity index (χ3v) is 6.10. The van der Waals surface area contributed by atoms with E-state index in [0.29, 0.717) is 6.61 Å². The predicted molar refractivity (Wildman–Crippen MR) is 136 cm³/mol. The molecule has 2 aliphatic rings. The number of carbonyl (C=O) groups is 1. The van der Waals surface area contributed by atoms with Crippen LogP contribution in [-0.2, 0) is 17.6 Å². The second-order valence-corrected chi connectivity index (χ2v) is 10.2. The normalized spacial score (nSPS) is 14.7. The molecule has 1 aromatic heterocycles. The van der Waals surface area contributed by atoms with Crippen LogP contribution in [0.15, 0.2) is 30.3 Å². The summed E-state index contributed by atoms with van der Waals surface area (Å²) in [7, 11) is 0. The van der Waals surface area contributed by atoms with Crippen molar-refractivity contribution in [1.82, 2.24) is 4.98 Å². The van der Waals surface area contributed by atoms with E-state index < -0.39 is 11.6 Å². The Labute approximate surface area is 201 Å². The summed E-state index contributed by atoms with van der Waals surface area (Å²) in [6.45, 7) is 11.9. The summed E-state index contributed by atoms with van der Waals surface area (Å²) in [5, 5.41) is 19.1. The van der Waals surface area contributed by atoms with E-state index in [-0.39, 0.29) is 6.42 Å². The zero-order chi connectivity index (χ0) is 24.6. The molecule has 2 aromatic carbocycles. The summed E-state index contributed by atoms with van der Waals surface area (Å²) >= 11 is 0. The van der Waals surface area contributed by atoms with E-state index in [9.17, 15) is 9.90 Å². The van der Waals surface area contributed by atoms with Crippen LogP contribution in [0.25, 0.3) is 22.0 Å². The maximum absolute atomic E-state index is 11.7. The van der Waals surface area contributed by atoms with E-state index in [0.717, 1.165) is 70.5 Å². The van der Waals surface area contributed by atoms with Crippen molar-refractivity contribution in [2.75, 3.05) is 24.6 Å². The second kappa shape index (κ2) is 9.26. The van der Waals surface area contributed by atoms with Crippen LogP contribution in [0.5, 0.6) is 5.75 Å². The Morgan fingerprint density at radius 2 is 1.88 bits per heavy atom. The first-order valence-corrected chi connectivity index (χ1v) is 11.9. The highest BCUT2D eigenvalue weighted by molar-refractivity contribution is 6.00. The fourth-order valence-corrected chi connectivity index (χ4v) is 4.85. The summed E-state index contributed by atoms with van der Waals surface area (Å²) in [5.74, 6) is 0.130. The molecule has 2 aliphatic heterocycles. The Hall–Kier alpha value is -3.12. The minimum Gasteiger partial charge on any atom is -0.490 e. The van der Waals surface area contributed by atoms with Gasteiger partial charge in [-0.15, -0.1) is 0 Å². The molecule has 0 fully saturated rings. The first kappa shape index (κ1) is 24.0. The van der Waals surface area contributed by atoms with Gasteiger partial charge in [0.25, 0.3) is 0 Å². The van der Waals surface area contributed by atoms with Crippen LogP contribution < -0.4 is 9.64 Å². The van der Waals surface area contributed by atoms with Gasteiger partial charge in [-0.3, -0.25) is 9.78 Å². The highest BCUT2D eigenvalue weighted by Gasteiger charge is 2.29. The molecule has 6 nitrogen and oxygen atoms in total. The number of ether oxygens (including phenoxy) is 1. The summed E-state index contributed by atoms with van der Waals surface area (Å²) in [4.78, 5) is 18.8. The molecule has 0 bridgehead atoms. The van der Waals surface area contributed by atoms with Crippen molar-refractivity contribution in [2.24, 2.45) is 0 Å². The van der Waals surface area contributed by atoms with Gasteiger partial charge in [0.05, 0.1) is 29.8 Å². The number of nitrogens with zero attached hydrogens (tertiary/aromatic N) is 2. The molecule has 0 spiro atoms. The third-order valence-electron chi connectivity index (χ3n) is 6.10. The number of carboxylic acid groups (broad SMARTS) is 1. The lowest BCUT2D eigenvalue weighted by molar-refractivity contribution is -0.136. The average molecular weight is 463 g/mol. The molecule has 0 aliphatic carbocycles. The summed E-state index contributed by atoms with van der Waals surface area (Å²) in [6.07, 6.45) is 2.07. The first-order chi connectivity index (χ1) is 16.0. The van der Waals surface area contributed by atoms with Gasteiger partial charge >= 0.3 is 5.97 Å². The molecule has 0 atom stereocenters. The maximum atomic E-state index is 11.7. The molecule has 0 radical (unpaired) electrons. The molecular weight excluding hydrogens is 428 g/mol. The number of hydrogen-bond donors (Lipinski definition) is 2. The molecule has 0 saturated heterocycles. The zero-order valence-electron chi connectivity index (χ0n) is 20.7. The number of aliphatic hydroxyl groups is 1. The molecule has 0 saturated carbocycles. The molecular formula is C28H34N2O4. The SMILES string of the molecule is CC(C)(C)O.Cc1ccc2c(-c3ccc4c5c3CCCN5CCO4)c(CC(=O)O)c(C)cc2n1. The Bertz CT molecular complexity index is 1240. The van der Waals surface area contributed by atoms with Gasteiger partial charge in [0.2, 0.25) is 0 Å². The number of fused-ring (bicyclic) bond motifs is 1. The smallest absolute Gasteiger partial charge is 0.307 e. The predicted octanol–water partition coefficient (Wildman–Crippen LogP) is 5.07.